The number of hydrogen-bond acceptors (Lipinski definition) is 4. The molecular weight excluding hydrogens is 336 g/mol. The Kier molecular flexibility index (Phi) is 4.58. The number of ether oxygens (including phenoxy) is 1. The topological polar surface area (TPSA) is 65.4 Å². The molecule has 0 radical (unpaired) electrons. The molecule has 0 amide bonds. The molecule has 0 aliphatic carbocycles. The van der Waals surface area contributed by atoms with E-state index in [4.69, 9.17) is 10.5 Å². The molecule has 0 saturated heterocycles. The van der Waals surface area contributed by atoms with Gasteiger partial charge in [0, 0.05) is 0 Å². The minimum atomic E-state index is 0.374. The van der Waals surface area contributed by atoms with Gasteiger partial charge in [-0.1, -0.05) is 36.4 Å². The first-order valence-electron chi connectivity index (χ1n) is 8.74. The summed E-state index contributed by atoms with van der Waals surface area (Å²) in [7, 11) is 0. The Hall–Kier alpha value is -3.60. The number of fused-ring (bicyclic) bond motifs is 1. The molecule has 27 heavy (non-hydrogen) atoms. The van der Waals surface area contributed by atoms with Crippen molar-refractivity contribution in [2.75, 3.05) is 5.73 Å². The van der Waals surface area contributed by atoms with Gasteiger partial charge in [-0.2, -0.15) is 5.10 Å². The molecule has 5 nitrogen and oxygen atoms in total. The van der Waals surface area contributed by atoms with Crippen molar-refractivity contribution in [2.24, 2.45) is 5.10 Å². The van der Waals surface area contributed by atoms with Gasteiger partial charge in [-0.25, -0.2) is 9.66 Å². The zero-order chi connectivity index (χ0) is 18.6. The third-order valence-corrected chi connectivity index (χ3v) is 4.27. The van der Waals surface area contributed by atoms with Gasteiger partial charge in [-0.05, 0) is 59.2 Å². The summed E-state index contributed by atoms with van der Waals surface area (Å²) >= 11 is 0. The predicted octanol–water partition coefficient (Wildman–Crippen LogP) is 4.39. The summed E-state index contributed by atoms with van der Waals surface area (Å²) in [4.78, 5) is 4.12. The molecule has 134 valence electrons. The van der Waals surface area contributed by atoms with Crippen LogP contribution < -0.4 is 10.5 Å². The van der Waals surface area contributed by atoms with Crippen molar-refractivity contribution < 1.29 is 4.74 Å². The standard InChI is InChI=1S/C22H20N4O/c1-16-14-26(22(23)25-16)24-13-17-7-10-21(11-8-17)27-15-18-6-9-19-4-2-3-5-20(19)12-18/h2-14H,15H2,1H3,(H2,23,25). The summed E-state index contributed by atoms with van der Waals surface area (Å²) in [6.45, 7) is 2.41. The summed E-state index contributed by atoms with van der Waals surface area (Å²) in [5.74, 6) is 1.19. The molecule has 0 spiro atoms. The average Bonchev–Trinajstić information content (AvgIpc) is 3.02. The maximum atomic E-state index is 5.90. The van der Waals surface area contributed by atoms with Gasteiger partial charge in [-0.15, -0.1) is 0 Å². The number of imidazole rings is 1. The van der Waals surface area contributed by atoms with Crippen molar-refractivity contribution in [1.29, 1.82) is 0 Å². The molecule has 1 heterocycles. The van der Waals surface area contributed by atoms with E-state index in [1.165, 1.54) is 10.8 Å². The van der Waals surface area contributed by atoms with Crippen LogP contribution in [0.1, 0.15) is 16.8 Å². The van der Waals surface area contributed by atoms with E-state index in [2.05, 4.69) is 40.4 Å². The van der Waals surface area contributed by atoms with Crippen LogP contribution in [0.5, 0.6) is 5.75 Å². The zero-order valence-electron chi connectivity index (χ0n) is 15.0. The fourth-order valence-electron chi connectivity index (χ4n) is 2.87. The van der Waals surface area contributed by atoms with Crippen LogP contribution >= 0.6 is 0 Å². The lowest BCUT2D eigenvalue weighted by molar-refractivity contribution is 0.306. The van der Waals surface area contributed by atoms with Crippen molar-refractivity contribution >= 4 is 22.9 Å². The van der Waals surface area contributed by atoms with Gasteiger partial charge < -0.3 is 10.5 Å². The van der Waals surface area contributed by atoms with Gasteiger partial charge in [0.05, 0.1) is 18.1 Å². The highest BCUT2D eigenvalue weighted by molar-refractivity contribution is 5.83. The number of rotatable bonds is 5. The van der Waals surface area contributed by atoms with Crippen LogP contribution in [-0.2, 0) is 6.61 Å². The number of nitrogen functional groups attached to an aromatic ring is 1. The monoisotopic (exact) mass is 356 g/mol. The lowest BCUT2D eigenvalue weighted by Crippen LogP contribution is -1.97. The van der Waals surface area contributed by atoms with Gasteiger partial charge in [0.1, 0.15) is 12.4 Å². The SMILES string of the molecule is Cc1cn(N=Cc2ccc(OCc3ccc4ccccc4c3)cc2)c(N)n1. The minimum absolute atomic E-state index is 0.374. The van der Waals surface area contributed by atoms with Crippen molar-refractivity contribution in [2.45, 2.75) is 13.5 Å². The predicted molar refractivity (Wildman–Crippen MR) is 109 cm³/mol. The summed E-state index contributed by atoms with van der Waals surface area (Å²) < 4.78 is 7.46. The zero-order valence-corrected chi connectivity index (χ0v) is 15.0. The van der Waals surface area contributed by atoms with E-state index in [1.807, 2.05) is 43.3 Å². The van der Waals surface area contributed by atoms with Crippen molar-refractivity contribution in [3.05, 3.63) is 89.7 Å². The molecule has 0 unspecified atom stereocenters. The molecule has 0 fully saturated rings. The maximum absolute atomic E-state index is 5.90. The minimum Gasteiger partial charge on any atom is -0.489 e. The number of benzene rings is 3. The van der Waals surface area contributed by atoms with Crippen LogP contribution in [0.4, 0.5) is 5.95 Å². The van der Waals surface area contributed by atoms with Crippen molar-refractivity contribution in [1.82, 2.24) is 9.66 Å². The number of nitrogens with zero attached hydrogens (tertiary/aromatic N) is 3. The van der Waals surface area contributed by atoms with E-state index in [0.29, 0.717) is 12.6 Å². The van der Waals surface area contributed by atoms with Gasteiger partial charge in [-0.3, -0.25) is 0 Å². The van der Waals surface area contributed by atoms with E-state index < -0.39 is 0 Å². The highest BCUT2D eigenvalue weighted by atomic mass is 16.5. The van der Waals surface area contributed by atoms with Crippen LogP contribution in [0.2, 0.25) is 0 Å². The van der Waals surface area contributed by atoms with Gasteiger partial charge in [0.25, 0.3) is 0 Å². The van der Waals surface area contributed by atoms with Crippen molar-refractivity contribution in [3.63, 3.8) is 0 Å². The molecule has 5 heteroatoms. The Morgan fingerprint density at radius 2 is 1.81 bits per heavy atom. The highest BCUT2D eigenvalue weighted by Crippen LogP contribution is 2.18. The number of anilines is 1. The Labute approximate surface area is 157 Å². The maximum Gasteiger partial charge on any atom is 0.221 e. The molecule has 0 saturated carbocycles. The molecular formula is C22H20N4O. The normalized spacial score (nSPS) is 11.3. The van der Waals surface area contributed by atoms with E-state index >= 15 is 0 Å². The first-order valence-corrected chi connectivity index (χ1v) is 8.74. The fraction of sp³-hybridized carbons (Fsp3) is 0.0909. The van der Waals surface area contributed by atoms with Crippen LogP contribution in [-0.4, -0.2) is 15.9 Å². The second-order valence-electron chi connectivity index (χ2n) is 6.37. The van der Waals surface area contributed by atoms with Crippen LogP contribution in [0.15, 0.2) is 78.0 Å². The summed E-state index contributed by atoms with van der Waals surface area (Å²) in [5.41, 5.74) is 8.71. The largest absolute Gasteiger partial charge is 0.489 e. The number of aryl methyl sites for hydroxylation is 1. The highest BCUT2D eigenvalue weighted by Gasteiger charge is 2.00. The first kappa shape index (κ1) is 16.8. The smallest absolute Gasteiger partial charge is 0.221 e. The Morgan fingerprint density at radius 1 is 1.04 bits per heavy atom. The van der Waals surface area contributed by atoms with E-state index in [0.717, 1.165) is 22.6 Å². The lowest BCUT2D eigenvalue weighted by Gasteiger charge is -2.07. The van der Waals surface area contributed by atoms with Crippen LogP contribution in [0, 0.1) is 6.92 Å². The third kappa shape index (κ3) is 3.98. The molecule has 4 rings (SSSR count). The van der Waals surface area contributed by atoms with Crippen LogP contribution in [0.3, 0.4) is 0 Å². The number of hydrogen-bond donors (Lipinski definition) is 1. The first-order chi connectivity index (χ1) is 13.2. The molecule has 0 aliphatic rings. The Morgan fingerprint density at radius 3 is 2.56 bits per heavy atom. The third-order valence-electron chi connectivity index (χ3n) is 4.27. The molecule has 3 aromatic carbocycles. The second kappa shape index (κ2) is 7.33. The summed E-state index contributed by atoms with van der Waals surface area (Å²) in [6, 6.07) is 22.5. The molecule has 4 aromatic rings. The average molecular weight is 356 g/mol. The van der Waals surface area contributed by atoms with Gasteiger partial charge >= 0.3 is 0 Å². The van der Waals surface area contributed by atoms with E-state index in [-0.39, 0.29) is 0 Å². The Bertz CT molecular complexity index is 1100. The number of nitrogens with two attached hydrogens (primary N) is 1. The molecule has 0 bridgehead atoms. The van der Waals surface area contributed by atoms with Crippen molar-refractivity contribution in [3.8, 4) is 5.75 Å². The van der Waals surface area contributed by atoms with Crippen LogP contribution in [0.25, 0.3) is 10.8 Å². The molecule has 1 aromatic heterocycles. The van der Waals surface area contributed by atoms with Gasteiger partial charge in [0.2, 0.25) is 5.95 Å². The second-order valence-corrected chi connectivity index (χ2v) is 6.37. The van der Waals surface area contributed by atoms with Gasteiger partial charge in [0.15, 0.2) is 0 Å². The van der Waals surface area contributed by atoms with E-state index in [9.17, 15) is 0 Å². The quantitative estimate of drug-likeness (QED) is 0.539. The molecule has 0 aliphatic heterocycles. The molecule has 0 atom stereocenters. The lowest BCUT2D eigenvalue weighted by atomic mass is 10.1. The summed E-state index contributed by atoms with van der Waals surface area (Å²) in [5, 5.41) is 6.77. The number of aromatic nitrogens is 2. The molecule has 2 N–H and O–H groups in total. The summed E-state index contributed by atoms with van der Waals surface area (Å²) in [6.07, 6.45) is 3.53. The fourth-order valence-corrected chi connectivity index (χ4v) is 2.87. The Balaban J connectivity index is 1.40. The van der Waals surface area contributed by atoms with E-state index in [1.54, 1.807) is 17.1 Å².